The van der Waals surface area contributed by atoms with Crippen LogP contribution in [0.15, 0.2) is 75.2 Å². The van der Waals surface area contributed by atoms with E-state index in [0.29, 0.717) is 5.56 Å². The van der Waals surface area contributed by atoms with Gasteiger partial charge in [-0.3, -0.25) is 0 Å². The number of benzene rings is 2. The second-order valence-electron chi connectivity index (χ2n) is 6.04. The second-order valence-corrected chi connectivity index (χ2v) is 8.94. The van der Waals surface area contributed by atoms with Gasteiger partial charge in [0.1, 0.15) is 0 Å². The molecule has 3 rings (SSSR count). The summed E-state index contributed by atoms with van der Waals surface area (Å²) in [6.07, 6.45) is 0. The zero-order chi connectivity index (χ0) is 20.3. The van der Waals surface area contributed by atoms with Crippen LogP contribution >= 0.6 is 15.9 Å². The number of hydrogen-bond acceptors (Lipinski definition) is 5. The summed E-state index contributed by atoms with van der Waals surface area (Å²) in [5.74, 6) is -1.27. The Morgan fingerprint density at radius 2 is 1.75 bits per heavy atom. The molecule has 0 aromatic heterocycles. The van der Waals surface area contributed by atoms with E-state index >= 15 is 0 Å². The van der Waals surface area contributed by atoms with Gasteiger partial charge in [0.25, 0.3) is 0 Å². The largest absolute Gasteiger partial charge is 0.466 e. The second kappa shape index (κ2) is 8.15. The van der Waals surface area contributed by atoms with Crippen LogP contribution in [0.4, 0.5) is 4.79 Å². The highest BCUT2D eigenvalue weighted by Crippen LogP contribution is 2.29. The Hall–Kier alpha value is -2.65. The molecule has 9 heteroatoms. The highest BCUT2D eigenvalue weighted by atomic mass is 79.9. The fourth-order valence-electron chi connectivity index (χ4n) is 2.89. The van der Waals surface area contributed by atoms with Gasteiger partial charge in [0, 0.05) is 10.2 Å². The average molecular weight is 465 g/mol. The number of ether oxygens (including phenoxy) is 1. The van der Waals surface area contributed by atoms with Crippen molar-refractivity contribution in [1.29, 1.82) is 0 Å². The Labute approximate surface area is 170 Å². The lowest BCUT2D eigenvalue weighted by Gasteiger charge is -2.29. The molecule has 2 aromatic carbocycles. The summed E-state index contributed by atoms with van der Waals surface area (Å²) in [5.41, 5.74) is 0.678. The number of nitrogens with one attached hydrogen (secondary N) is 2. The molecule has 0 aliphatic carbocycles. The molecule has 2 amide bonds. The van der Waals surface area contributed by atoms with Crippen molar-refractivity contribution < 1.29 is 22.7 Å². The number of methoxy groups -OCH3 is 1. The maximum atomic E-state index is 12.8. The Morgan fingerprint density at radius 1 is 1.11 bits per heavy atom. The summed E-state index contributed by atoms with van der Waals surface area (Å²) < 4.78 is 31.3. The van der Waals surface area contributed by atoms with Gasteiger partial charge >= 0.3 is 12.0 Å². The molecule has 0 bridgehead atoms. The van der Waals surface area contributed by atoms with Crippen LogP contribution in [0, 0.1) is 0 Å². The van der Waals surface area contributed by atoms with Crippen molar-refractivity contribution in [3.63, 3.8) is 0 Å². The molecule has 7 nitrogen and oxygen atoms in total. The molecule has 1 atom stereocenters. The molecule has 0 fully saturated rings. The Balaban J connectivity index is 2.08. The first-order chi connectivity index (χ1) is 13.3. The van der Waals surface area contributed by atoms with Crippen LogP contribution in [0.1, 0.15) is 11.6 Å². The third kappa shape index (κ3) is 4.26. The SMILES string of the molecule is COC(=O)C1=C(CS(=O)(=O)c2ccc(Br)cc2)NC(=O)N[C@H]1c1ccccc1. The normalized spacial score (nSPS) is 16.9. The van der Waals surface area contributed by atoms with Gasteiger partial charge in [-0.1, -0.05) is 46.3 Å². The van der Waals surface area contributed by atoms with E-state index in [0.717, 1.165) is 4.47 Å². The van der Waals surface area contributed by atoms with E-state index in [1.807, 2.05) is 0 Å². The molecule has 0 saturated heterocycles. The van der Waals surface area contributed by atoms with E-state index in [1.165, 1.54) is 19.2 Å². The summed E-state index contributed by atoms with van der Waals surface area (Å²) in [5, 5.41) is 5.11. The first kappa shape index (κ1) is 20.1. The predicted molar refractivity (Wildman–Crippen MR) is 106 cm³/mol. The van der Waals surface area contributed by atoms with Crippen LogP contribution in [0.25, 0.3) is 0 Å². The number of urea groups is 1. The molecule has 0 unspecified atom stereocenters. The monoisotopic (exact) mass is 464 g/mol. The minimum Gasteiger partial charge on any atom is -0.466 e. The van der Waals surface area contributed by atoms with Crippen LogP contribution in [-0.4, -0.2) is 33.3 Å². The van der Waals surface area contributed by atoms with Gasteiger partial charge in [-0.05, 0) is 29.8 Å². The molecule has 0 spiro atoms. The molecular formula is C19H17BrN2O5S. The summed E-state index contributed by atoms with van der Waals surface area (Å²) >= 11 is 3.26. The van der Waals surface area contributed by atoms with E-state index in [9.17, 15) is 18.0 Å². The predicted octanol–water partition coefficient (Wildman–Crippen LogP) is 2.70. The molecule has 146 valence electrons. The van der Waals surface area contributed by atoms with Gasteiger partial charge in [0.2, 0.25) is 0 Å². The minimum absolute atomic E-state index is 0.00706. The van der Waals surface area contributed by atoms with E-state index in [4.69, 9.17) is 4.74 Å². The lowest BCUT2D eigenvalue weighted by molar-refractivity contribution is -0.136. The molecular weight excluding hydrogens is 448 g/mol. The standard InChI is InChI=1S/C19H17BrN2O5S/c1-27-18(23)16-15(11-28(25,26)14-9-7-13(20)8-10-14)21-19(24)22-17(16)12-5-3-2-4-6-12/h2-10,17H,11H2,1H3,(H2,21,22,24)/t17-/m0/s1. The molecule has 1 aliphatic rings. The minimum atomic E-state index is -3.81. The highest BCUT2D eigenvalue weighted by molar-refractivity contribution is 9.10. The van der Waals surface area contributed by atoms with Crippen LogP contribution in [0.2, 0.25) is 0 Å². The number of esters is 1. The van der Waals surface area contributed by atoms with Crippen LogP contribution in [-0.2, 0) is 19.4 Å². The summed E-state index contributed by atoms with van der Waals surface area (Å²) in [6, 6.07) is 13.5. The van der Waals surface area contributed by atoms with Crippen LogP contribution in [0.3, 0.4) is 0 Å². The lowest BCUT2D eigenvalue weighted by Crippen LogP contribution is -2.47. The first-order valence-corrected chi connectivity index (χ1v) is 10.7. The molecule has 1 aliphatic heterocycles. The zero-order valence-electron chi connectivity index (χ0n) is 14.8. The van der Waals surface area contributed by atoms with Gasteiger partial charge in [-0.25, -0.2) is 18.0 Å². The van der Waals surface area contributed by atoms with Crippen LogP contribution in [0.5, 0.6) is 0 Å². The maximum Gasteiger partial charge on any atom is 0.338 e. The van der Waals surface area contributed by atoms with Gasteiger partial charge in [0.15, 0.2) is 9.84 Å². The Kier molecular flexibility index (Phi) is 5.85. The number of sulfone groups is 1. The van der Waals surface area contributed by atoms with Crippen molar-refractivity contribution in [2.45, 2.75) is 10.9 Å². The van der Waals surface area contributed by atoms with E-state index in [1.54, 1.807) is 42.5 Å². The van der Waals surface area contributed by atoms with Crippen molar-refractivity contribution in [3.8, 4) is 0 Å². The number of amides is 2. The fourth-order valence-corrected chi connectivity index (χ4v) is 4.48. The topological polar surface area (TPSA) is 102 Å². The summed E-state index contributed by atoms with van der Waals surface area (Å²) in [4.78, 5) is 24.7. The van der Waals surface area contributed by atoms with Crippen molar-refractivity contribution in [2.24, 2.45) is 0 Å². The van der Waals surface area contributed by atoms with Gasteiger partial charge in [0.05, 0.1) is 29.4 Å². The number of carbonyl (C=O) groups excluding carboxylic acids is 2. The third-order valence-corrected chi connectivity index (χ3v) is 6.39. The zero-order valence-corrected chi connectivity index (χ0v) is 17.2. The van der Waals surface area contributed by atoms with Crippen LogP contribution < -0.4 is 10.6 Å². The molecule has 2 aromatic rings. The average Bonchev–Trinajstić information content (AvgIpc) is 2.67. The number of hydrogen-bond donors (Lipinski definition) is 2. The quantitative estimate of drug-likeness (QED) is 0.662. The van der Waals surface area contributed by atoms with E-state index < -0.39 is 33.6 Å². The summed E-state index contributed by atoms with van der Waals surface area (Å²) in [6.45, 7) is 0. The van der Waals surface area contributed by atoms with E-state index in [-0.39, 0.29) is 16.2 Å². The van der Waals surface area contributed by atoms with Gasteiger partial charge in [-0.15, -0.1) is 0 Å². The van der Waals surface area contributed by atoms with Crippen molar-refractivity contribution >= 4 is 37.8 Å². The smallest absolute Gasteiger partial charge is 0.338 e. The molecule has 2 N–H and O–H groups in total. The van der Waals surface area contributed by atoms with Crippen molar-refractivity contribution in [1.82, 2.24) is 10.6 Å². The van der Waals surface area contributed by atoms with Crippen molar-refractivity contribution in [2.75, 3.05) is 12.9 Å². The third-order valence-electron chi connectivity index (χ3n) is 4.20. The van der Waals surface area contributed by atoms with Gasteiger partial charge in [-0.2, -0.15) is 0 Å². The summed E-state index contributed by atoms with van der Waals surface area (Å²) in [7, 11) is -2.61. The van der Waals surface area contributed by atoms with Crippen molar-refractivity contribution in [3.05, 3.63) is 75.9 Å². The Morgan fingerprint density at radius 3 is 2.36 bits per heavy atom. The lowest BCUT2D eigenvalue weighted by atomic mass is 9.96. The highest BCUT2D eigenvalue weighted by Gasteiger charge is 2.35. The molecule has 0 saturated carbocycles. The van der Waals surface area contributed by atoms with E-state index in [2.05, 4.69) is 26.6 Å². The van der Waals surface area contributed by atoms with Gasteiger partial charge < -0.3 is 15.4 Å². The Bertz CT molecular complexity index is 1030. The molecule has 0 radical (unpaired) electrons. The molecule has 1 heterocycles. The number of halogens is 1. The number of rotatable bonds is 5. The number of carbonyl (C=O) groups is 2. The maximum absolute atomic E-state index is 12.8. The first-order valence-electron chi connectivity index (χ1n) is 8.24. The molecule has 28 heavy (non-hydrogen) atoms. The fraction of sp³-hybridized carbons (Fsp3) is 0.158.